The lowest BCUT2D eigenvalue weighted by atomic mass is 9.81. The molecule has 0 bridgehead atoms. The number of aromatic nitrogens is 3. The van der Waals surface area contributed by atoms with Crippen LogP contribution in [0.5, 0.6) is 0 Å². The zero-order valence-electron chi connectivity index (χ0n) is 16.4. The van der Waals surface area contributed by atoms with E-state index in [0.29, 0.717) is 17.4 Å². The van der Waals surface area contributed by atoms with Gasteiger partial charge in [-0.1, -0.05) is 29.5 Å². The Morgan fingerprint density at radius 3 is 3.03 bits per heavy atom. The predicted octanol–water partition coefficient (Wildman–Crippen LogP) is 4.13. The predicted molar refractivity (Wildman–Crippen MR) is 119 cm³/mol. The quantitative estimate of drug-likeness (QED) is 0.607. The molecule has 0 amide bonds. The van der Waals surface area contributed by atoms with Crippen molar-refractivity contribution in [2.45, 2.75) is 24.7 Å². The van der Waals surface area contributed by atoms with Gasteiger partial charge in [-0.3, -0.25) is 0 Å². The number of nitrogen functional groups attached to an aromatic ring is 1. The van der Waals surface area contributed by atoms with Gasteiger partial charge in [-0.05, 0) is 31.0 Å². The fraction of sp³-hybridized carbons (Fsp3) is 0.318. The van der Waals surface area contributed by atoms with E-state index in [1.807, 2.05) is 11.6 Å². The van der Waals surface area contributed by atoms with Crippen molar-refractivity contribution in [2.24, 2.45) is 0 Å². The molecule has 1 fully saturated rings. The van der Waals surface area contributed by atoms with Crippen LogP contribution in [0.1, 0.15) is 35.4 Å². The number of hydrogen-bond donors (Lipinski definition) is 1. The average molecular weight is 438 g/mol. The lowest BCUT2D eigenvalue weighted by Gasteiger charge is -2.24. The number of fused-ring (bicyclic) bond motifs is 2. The van der Waals surface area contributed by atoms with Crippen molar-refractivity contribution in [1.29, 1.82) is 0 Å². The van der Waals surface area contributed by atoms with Crippen LogP contribution in [-0.2, 0) is 10.2 Å². The molecular formula is C22H20ClN5OS. The molecule has 0 aliphatic carbocycles. The van der Waals surface area contributed by atoms with E-state index in [9.17, 15) is 0 Å². The largest absolute Gasteiger partial charge is 0.380 e. The van der Waals surface area contributed by atoms with Gasteiger partial charge in [-0.15, -0.1) is 11.3 Å². The van der Waals surface area contributed by atoms with Crippen molar-refractivity contribution in [3.63, 3.8) is 0 Å². The topological polar surface area (TPSA) is 77.2 Å². The van der Waals surface area contributed by atoms with E-state index in [2.05, 4.69) is 56.8 Å². The van der Waals surface area contributed by atoms with Crippen molar-refractivity contribution in [2.75, 3.05) is 30.4 Å². The fourth-order valence-electron chi connectivity index (χ4n) is 4.15. The van der Waals surface area contributed by atoms with Crippen LogP contribution >= 0.6 is 22.9 Å². The Balaban J connectivity index is 1.56. The molecule has 152 valence electrons. The highest BCUT2D eigenvalue weighted by Crippen LogP contribution is 2.49. The number of halogens is 1. The summed E-state index contributed by atoms with van der Waals surface area (Å²) in [6.07, 6.45) is 4.32. The first-order valence-electron chi connectivity index (χ1n) is 9.74. The Morgan fingerprint density at radius 1 is 1.37 bits per heavy atom. The van der Waals surface area contributed by atoms with Crippen molar-refractivity contribution in [1.82, 2.24) is 15.0 Å². The minimum atomic E-state index is -0.0709. The molecule has 1 aromatic carbocycles. The first-order chi connectivity index (χ1) is 14.6. The maximum absolute atomic E-state index is 6.45. The summed E-state index contributed by atoms with van der Waals surface area (Å²) >= 11 is 8.07. The van der Waals surface area contributed by atoms with Gasteiger partial charge in [0.15, 0.2) is 5.82 Å². The van der Waals surface area contributed by atoms with E-state index in [4.69, 9.17) is 22.1 Å². The maximum Gasteiger partial charge on any atom is 0.222 e. The van der Waals surface area contributed by atoms with Gasteiger partial charge in [0.1, 0.15) is 10.0 Å². The zero-order valence-corrected chi connectivity index (χ0v) is 18.0. The molecular weight excluding hydrogens is 418 g/mol. The van der Waals surface area contributed by atoms with Gasteiger partial charge in [0.2, 0.25) is 5.95 Å². The van der Waals surface area contributed by atoms with Crippen LogP contribution in [-0.4, -0.2) is 34.7 Å². The number of anilines is 3. The first-order valence-corrected chi connectivity index (χ1v) is 11.0. The summed E-state index contributed by atoms with van der Waals surface area (Å²) in [6, 6.07) is 6.36. The Hall–Kier alpha value is -2.66. The van der Waals surface area contributed by atoms with Crippen LogP contribution in [0.2, 0.25) is 5.02 Å². The minimum Gasteiger partial charge on any atom is -0.380 e. The highest BCUT2D eigenvalue weighted by molar-refractivity contribution is 7.09. The fourth-order valence-corrected chi connectivity index (χ4v) is 4.99. The second kappa shape index (κ2) is 7.55. The minimum absolute atomic E-state index is 0.0709. The molecule has 8 heteroatoms. The third-order valence-electron chi connectivity index (χ3n) is 5.68. The molecule has 0 radical (unpaired) electrons. The molecule has 3 aromatic rings. The van der Waals surface area contributed by atoms with Crippen molar-refractivity contribution < 1.29 is 4.74 Å². The van der Waals surface area contributed by atoms with Gasteiger partial charge in [0.05, 0.1) is 18.7 Å². The first kappa shape index (κ1) is 19.3. The molecule has 1 spiro atoms. The maximum atomic E-state index is 6.45. The summed E-state index contributed by atoms with van der Waals surface area (Å²) in [5, 5.41) is 3.47. The molecule has 0 saturated carbocycles. The molecule has 2 aliphatic heterocycles. The summed E-state index contributed by atoms with van der Waals surface area (Å²) < 4.78 is 5.78. The Bertz CT molecular complexity index is 1150. The summed E-state index contributed by atoms with van der Waals surface area (Å²) in [5.41, 5.74) is 9.02. The van der Waals surface area contributed by atoms with Crippen LogP contribution in [0.4, 0.5) is 17.5 Å². The lowest BCUT2D eigenvalue weighted by molar-refractivity contribution is 0.180. The molecule has 2 N–H and O–H groups in total. The van der Waals surface area contributed by atoms with E-state index < -0.39 is 0 Å². The third kappa shape index (κ3) is 3.31. The van der Waals surface area contributed by atoms with Crippen LogP contribution < -0.4 is 10.6 Å². The van der Waals surface area contributed by atoms with E-state index in [-0.39, 0.29) is 17.3 Å². The van der Waals surface area contributed by atoms with E-state index >= 15 is 0 Å². The molecule has 1 unspecified atom stereocenters. The number of benzene rings is 1. The van der Waals surface area contributed by atoms with Crippen LogP contribution in [0, 0.1) is 11.8 Å². The number of thiazole rings is 1. The summed E-state index contributed by atoms with van der Waals surface area (Å²) in [6.45, 7) is 4.24. The van der Waals surface area contributed by atoms with E-state index in [0.717, 1.165) is 35.8 Å². The highest BCUT2D eigenvalue weighted by Gasteiger charge is 2.46. The third-order valence-corrected chi connectivity index (χ3v) is 6.90. The number of rotatable bonds is 2. The second-order valence-corrected chi connectivity index (χ2v) is 9.00. The average Bonchev–Trinajstić information content (AvgIpc) is 3.50. The van der Waals surface area contributed by atoms with Gasteiger partial charge in [0, 0.05) is 41.4 Å². The van der Waals surface area contributed by atoms with Crippen LogP contribution in [0.3, 0.4) is 0 Å². The van der Waals surface area contributed by atoms with Gasteiger partial charge >= 0.3 is 0 Å². The smallest absolute Gasteiger partial charge is 0.222 e. The van der Waals surface area contributed by atoms with Gasteiger partial charge in [0.25, 0.3) is 0 Å². The Morgan fingerprint density at radius 2 is 2.27 bits per heavy atom. The lowest BCUT2D eigenvalue weighted by Crippen LogP contribution is -2.32. The van der Waals surface area contributed by atoms with Gasteiger partial charge < -0.3 is 15.4 Å². The molecule has 1 saturated heterocycles. The number of ether oxygens (including phenoxy) is 1. The number of hydrogen-bond acceptors (Lipinski definition) is 7. The Labute approximate surface area is 184 Å². The molecule has 6 nitrogen and oxygen atoms in total. The monoisotopic (exact) mass is 437 g/mol. The standard InChI is InChI=1S/C22H20ClN5OS/c1-14(20-25-7-9-30-20)2-3-15-4-5-16-18(10-15)28(12-22(16)6-8-29-13-22)19-17(23)11-26-21(24)27-19/h4-5,7,9-11,14H,6,8,12-13H2,1H3,(H2,24,26,27)/t14?,22-/m0/s1. The SMILES string of the molecule is CC(C#Cc1ccc2c(c1)N(c1nc(N)ncc1Cl)C[C@]21CCOC1)c1nccs1. The van der Waals surface area contributed by atoms with E-state index in [1.165, 1.54) is 5.56 Å². The molecule has 2 atom stereocenters. The molecule has 2 aromatic heterocycles. The summed E-state index contributed by atoms with van der Waals surface area (Å²) in [4.78, 5) is 14.9. The molecule has 5 rings (SSSR count). The molecule has 4 heterocycles. The van der Waals surface area contributed by atoms with E-state index in [1.54, 1.807) is 17.5 Å². The van der Waals surface area contributed by atoms with Gasteiger partial charge in [-0.2, -0.15) is 4.98 Å². The zero-order chi connectivity index (χ0) is 20.7. The van der Waals surface area contributed by atoms with Crippen molar-refractivity contribution in [3.05, 3.63) is 57.1 Å². The normalized spacial score (nSPS) is 20.8. The highest BCUT2D eigenvalue weighted by atomic mass is 35.5. The van der Waals surface area contributed by atoms with Crippen molar-refractivity contribution in [3.8, 4) is 11.8 Å². The van der Waals surface area contributed by atoms with Crippen molar-refractivity contribution >= 4 is 40.4 Å². The molecule has 30 heavy (non-hydrogen) atoms. The number of nitrogens with two attached hydrogens (primary N) is 1. The van der Waals surface area contributed by atoms with Gasteiger partial charge in [-0.25, -0.2) is 9.97 Å². The second-order valence-electron chi connectivity index (χ2n) is 7.66. The van der Waals surface area contributed by atoms with Crippen LogP contribution in [0.15, 0.2) is 36.0 Å². The summed E-state index contributed by atoms with van der Waals surface area (Å²) in [5.74, 6) is 7.53. The molecule has 2 aliphatic rings. The number of nitrogens with zero attached hydrogens (tertiary/aromatic N) is 4. The van der Waals surface area contributed by atoms with Crippen LogP contribution in [0.25, 0.3) is 0 Å². The Kier molecular flexibility index (Phi) is 4.86. The summed E-state index contributed by atoms with van der Waals surface area (Å²) in [7, 11) is 0.